The molecule has 0 fully saturated rings. The summed E-state index contributed by atoms with van der Waals surface area (Å²) in [6.45, 7) is 1.96. The van der Waals surface area contributed by atoms with Crippen LogP contribution in [-0.4, -0.2) is 29.2 Å². The molecular weight excluding hydrogens is 314 g/mol. The van der Waals surface area contributed by atoms with E-state index < -0.39 is 0 Å². The molecule has 1 rings (SSSR count). The fourth-order valence-electron chi connectivity index (χ4n) is 0.907. The third-order valence-corrected chi connectivity index (χ3v) is 3.35. The van der Waals surface area contributed by atoms with E-state index in [4.69, 9.17) is 4.42 Å². The predicted molar refractivity (Wildman–Crippen MR) is 61.8 cm³/mol. The first kappa shape index (κ1) is 11.8. The van der Waals surface area contributed by atoms with Crippen LogP contribution in [0.25, 0.3) is 0 Å². The number of amides is 1. The van der Waals surface area contributed by atoms with Crippen molar-refractivity contribution < 1.29 is 9.21 Å². The summed E-state index contributed by atoms with van der Waals surface area (Å²) in [6, 6.07) is 3.51. The van der Waals surface area contributed by atoms with Crippen molar-refractivity contribution in [1.82, 2.24) is 4.90 Å². The molecule has 0 aliphatic carbocycles. The van der Waals surface area contributed by atoms with E-state index in [1.54, 1.807) is 24.1 Å². The molecule has 14 heavy (non-hydrogen) atoms. The highest BCUT2D eigenvalue weighted by Gasteiger charge is 2.19. The second-order valence-electron chi connectivity index (χ2n) is 3.02. The molecule has 3 nitrogen and oxygen atoms in total. The maximum atomic E-state index is 11.7. The lowest BCUT2D eigenvalue weighted by atomic mass is 10.3. The van der Waals surface area contributed by atoms with Crippen LogP contribution in [0.2, 0.25) is 0 Å². The van der Waals surface area contributed by atoms with Crippen LogP contribution in [0.1, 0.15) is 17.5 Å². The minimum absolute atomic E-state index is 0.109. The zero-order valence-electron chi connectivity index (χ0n) is 7.96. The zero-order chi connectivity index (χ0) is 10.7. The Bertz CT molecular complexity index is 324. The Hall–Kier alpha value is -0.290. The molecule has 0 spiro atoms. The van der Waals surface area contributed by atoms with E-state index in [-0.39, 0.29) is 11.9 Å². The van der Waals surface area contributed by atoms with Crippen molar-refractivity contribution in [2.75, 3.05) is 12.4 Å². The fourth-order valence-corrected chi connectivity index (χ4v) is 1.65. The van der Waals surface area contributed by atoms with Gasteiger partial charge in [0, 0.05) is 18.4 Å². The van der Waals surface area contributed by atoms with Gasteiger partial charge in [-0.2, -0.15) is 0 Å². The van der Waals surface area contributed by atoms with E-state index in [9.17, 15) is 4.79 Å². The molecule has 5 heteroatoms. The molecule has 0 N–H and O–H groups in total. The maximum Gasteiger partial charge on any atom is 0.289 e. The number of halogens is 2. The number of alkyl halides is 1. The summed E-state index contributed by atoms with van der Waals surface area (Å²) in [7, 11) is 1.75. The van der Waals surface area contributed by atoms with E-state index in [2.05, 4.69) is 31.9 Å². The predicted octanol–water partition coefficient (Wildman–Crippen LogP) is 2.90. The molecule has 1 heterocycles. The van der Waals surface area contributed by atoms with E-state index >= 15 is 0 Å². The average Bonchev–Trinajstić information content (AvgIpc) is 2.61. The first-order chi connectivity index (χ1) is 6.56. The molecule has 0 bridgehead atoms. The molecule has 1 atom stereocenters. The molecule has 78 valence electrons. The molecule has 1 amide bonds. The van der Waals surface area contributed by atoms with Gasteiger partial charge in [-0.1, -0.05) is 15.9 Å². The summed E-state index contributed by atoms with van der Waals surface area (Å²) < 4.78 is 5.74. The summed E-state index contributed by atoms with van der Waals surface area (Å²) in [5.74, 6) is 0.245. The number of carbonyl (C=O) groups excluding carboxylic acids is 1. The Morgan fingerprint density at radius 3 is 2.71 bits per heavy atom. The van der Waals surface area contributed by atoms with Gasteiger partial charge in [-0.25, -0.2) is 0 Å². The maximum absolute atomic E-state index is 11.7. The molecule has 0 aliphatic heterocycles. The summed E-state index contributed by atoms with van der Waals surface area (Å²) in [6.07, 6.45) is 0. The Balaban J connectivity index is 2.75. The minimum atomic E-state index is -0.109. The van der Waals surface area contributed by atoms with Crippen molar-refractivity contribution in [3.8, 4) is 0 Å². The smallest absolute Gasteiger partial charge is 0.289 e. The second kappa shape index (κ2) is 4.98. The van der Waals surface area contributed by atoms with Gasteiger partial charge in [0.25, 0.3) is 5.91 Å². The summed E-state index contributed by atoms with van der Waals surface area (Å²) >= 11 is 6.48. The van der Waals surface area contributed by atoms with Gasteiger partial charge in [0.1, 0.15) is 0 Å². The van der Waals surface area contributed by atoms with Crippen molar-refractivity contribution in [3.05, 3.63) is 22.6 Å². The normalized spacial score (nSPS) is 12.6. The second-order valence-corrected chi connectivity index (χ2v) is 4.45. The molecule has 0 radical (unpaired) electrons. The third kappa shape index (κ3) is 2.60. The van der Waals surface area contributed by atoms with Gasteiger partial charge < -0.3 is 9.32 Å². The largest absolute Gasteiger partial charge is 0.444 e. The van der Waals surface area contributed by atoms with Gasteiger partial charge in [0.2, 0.25) is 0 Å². The molecular formula is C9H11Br2NO2. The standard InChI is InChI=1S/C9H11Br2NO2/c1-6(5-10)12(2)9(13)7-3-4-8(11)14-7/h3-4,6H,5H2,1-2H3. The van der Waals surface area contributed by atoms with Crippen LogP contribution in [0, 0.1) is 0 Å². The van der Waals surface area contributed by atoms with Gasteiger partial charge in [-0.15, -0.1) is 0 Å². The van der Waals surface area contributed by atoms with E-state index in [0.717, 1.165) is 5.33 Å². The monoisotopic (exact) mass is 323 g/mol. The van der Waals surface area contributed by atoms with Crippen LogP contribution in [0.5, 0.6) is 0 Å². The quantitative estimate of drug-likeness (QED) is 0.801. The van der Waals surface area contributed by atoms with Gasteiger partial charge >= 0.3 is 0 Å². The number of furan rings is 1. The Morgan fingerprint density at radius 2 is 2.29 bits per heavy atom. The zero-order valence-corrected chi connectivity index (χ0v) is 11.1. The van der Waals surface area contributed by atoms with Crippen LogP contribution in [0.3, 0.4) is 0 Å². The summed E-state index contributed by atoms with van der Waals surface area (Å²) in [5.41, 5.74) is 0. The Morgan fingerprint density at radius 1 is 1.64 bits per heavy atom. The third-order valence-electron chi connectivity index (χ3n) is 1.99. The molecule has 0 saturated heterocycles. The minimum Gasteiger partial charge on any atom is -0.444 e. The van der Waals surface area contributed by atoms with Crippen molar-refractivity contribution in [2.24, 2.45) is 0 Å². The Labute approximate surface area is 99.7 Å². The van der Waals surface area contributed by atoms with Crippen LogP contribution in [0.15, 0.2) is 21.2 Å². The number of nitrogens with zero attached hydrogens (tertiary/aromatic N) is 1. The van der Waals surface area contributed by atoms with Crippen molar-refractivity contribution in [3.63, 3.8) is 0 Å². The van der Waals surface area contributed by atoms with Crippen LogP contribution in [-0.2, 0) is 0 Å². The van der Waals surface area contributed by atoms with Gasteiger partial charge in [-0.05, 0) is 35.0 Å². The first-order valence-corrected chi connectivity index (χ1v) is 6.06. The summed E-state index contributed by atoms with van der Waals surface area (Å²) in [4.78, 5) is 13.4. The van der Waals surface area contributed by atoms with Gasteiger partial charge in [0.05, 0.1) is 0 Å². The number of hydrogen-bond acceptors (Lipinski definition) is 2. The Kier molecular flexibility index (Phi) is 4.19. The number of rotatable bonds is 3. The first-order valence-electron chi connectivity index (χ1n) is 4.14. The molecule has 0 aromatic carbocycles. The van der Waals surface area contributed by atoms with Gasteiger partial charge in [-0.3, -0.25) is 4.79 Å². The molecule has 1 unspecified atom stereocenters. The molecule has 0 aliphatic rings. The topological polar surface area (TPSA) is 33.5 Å². The van der Waals surface area contributed by atoms with Gasteiger partial charge in [0.15, 0.2) is 10.4 Å². The lowest BCUT2D eigenvalue weighted by molar-refractivity contribution is 0.0724. The van der Waals surface area contributed by atoms with Crippen molar-refractivity contribution >= 4 is 37.8 Å². The van der Waals surface area contributed by atoms with Crippen LogP contribution < -0.4 is 0 Å². The molecule has 1 aromatic heterocycles. The average molecular weight is 325 g/mol. The molecule has 0 saturated carbocycles. The summed E-state index contributed by atoms with van der Waals surface area (Å²) in [5, 5.41) is 0.747. The van der Waals surface area contributed by atoms with E-state index in [0.29, 0.717) is 10.4 Å². The fraction of sp³-hybridized carbons (Fsp3) is 0.444. The van der Waals surface area contributed by atoms with E-state index in [1.165, 1.54) is 0 Å². The highest BCUT2D eigenvalue weighted by molar-refractivity contribution is 9.10. The lowest BCUT2D eigenvalue weighted by Gasteiger charge is -2.21. The van der Waals surface area contributed by atoms with Crippen molar-refractivity contribution in [2.45, 2.75) is 13.0 Å². The van der Waals surface area contributed by atoms with Crippen molar-refractivity contribution in [1.29, 1.82) is 0 Å². The number of carbonyl (C=O) groups is 1. The highest BCUT2D eigenvalue weighted by Crippen LogP contribution is 2.16. The lowest BCUT2D eigenvalue weighted by Crippen LogP contribution is -2.35. The van der Waals surface area contributed by atoms with Crippen LogP contribution in [0.4, 0.5) is 0 Å². The molecule has 1 aromatic rings. The van der Waals surface area contributed by atoms with Crippen LogP contribution >= 0.6 is 31.9 Å². The SMILES string of the molecule is CC(CBr)N(C)C(=O)c1ccc(Br)o1. The highest BCUT2D eigenvalue weighted by atomic mass is 79.9. The number of hydrogen-bond donors (Lipinski definition) is 0. The van der Waals surface area contributed by atoms with E-state index in [1.807, 2.05) is 6.92 Å².